The number of rotatable bonds is 7. The second-order valence-corrected chi connectivity index (χ2v) is 6.82. The SMILES string of the molecule is Cc1ccc(COc2ccc(/C=C(\Sc3nnc(C)o3)C(=O)[O-])cc2)cc1. The summed E-state index contributed by atoms with van der Waals surface area (Å²) in [5, 5.41) is 19.0. The van der Waals surface area contributed by atoms with E-state index in [4.69, 9.17) is 9.15 Å². The van der Waals surface area contributed by atoms with Crippen molar-refractivity contribution in [3.63, 3.8) is 0 Å². The van der Waals surface area contributed by atoms with Crippen molar-refractivity contribution in [2.45, 2.75) is 25.7 Å². The fraction of sp³-hybridized carbons (Fsp3) is 0.150. The Hall–Kier alpha value is -3.06. The van der Waals surface area contributed by atoms with Crippen LogP contribution < -0.4 is 9.84 Å². The fourth-order valence-corrected chi connectivity index (χ4v) is 2.92. The number of carbonyl (C=O) groups excluding carboxylic acids is 1. The second kappa shape index (κ2) is 8.55. The van der Waals surface area contributed by atoms with E-state index in [2.05, 4.69) is 10.2 Å². The molecule has 0 unspecified atom stereocenters. The predicted molar refractivity (Wildman–Crippen MR) is 99.8 cm³/mol. The molecule has 0 aliphatic rings. The smallest absolute Gasteiger partial charge is 0.281 e. The number of nitrogens with zero attached hydrogens (tertiary/aromatic N) is 2. The number of carbonyl (C=O) groups is 1. The lowest BCUT2D eigenvalue weighted by Gasteiger charge is -2.08. The van der Waals surface area contributed by atoms with Gasteiger partial charge < -0.3 is 19.1 Å². The van der Waals surface area contributed by atoms with E-state index >= 15 is 0 Å². The third-order valence-electron chi connectivity index (χ3n) is 3.61. The summed E-state index contributed by atoms with van der Waals surface area (Å²) in [5.41, 5.74) is 2.97. The topological polar surface area (TPSA) is 88.3 Å². The minimum absolute atomic E-state index is 0.0213. The van der Waals surface area contributed by atoms with Crippen LogP contribution in [-0.4, -0.2) is 16.2 Å². The first-order chi connectivity index (χ1) is 13.0. The first-order valence-electron chi connectivity index (χ1n) is 8.19. The molecule has 0 saturated heterocycles. The molecule has 7 heteroatoms. The first kappa shape index (κ1) is 18.7. The molecule has 0 saturated carbocycles. The van der Waals surface area contributed by atoms with E-state index in [-0.39, 0.29) is 10.1 Å². The number of benzene rings is 2. The number of hydrogen-bond donors (Lipinski definition) is 0. The molecule has 1 heterocycles. The van der Waals surface area contributed by atoms with Gasteiger partial charge in [-0.25, -0.2) is 0 Å². The summed E-state index contributed by atoms with van der Waals surface area (Å²) in [6.45, 7) is 4.14. The Bertz CT molecular complexity index is 947. The van der Waals surface area contributed by atoms with Crippen molar-refractivity contribution in [2.75, 3.05) is 0 Å². The lowest BCUT2D eigenvalue weighted by atomic mass is 10.1. The monoisotopic (exact) mass is 381 g/mol. The van der Waals surface area contributed by atoms with Crippen molar-refractivity contribution in [3.8, 4) is 5.75 Å². The van der Waals surface area contributed by atoms with Crippen LogP contribution >= 0.6 is 11.8 Å². The largest absolute Gasteiger partial charge is 0.544 e. The number of aryl methyl sites for hydroxylation is 2. The minimum atomic E-state index is -1.31. The van der Waals surface area contributed by atoms with Gasteiger partial charge in [0, 0.05) is 11.8 Å². The van der Waals surface area contributed by atoms with Gasteiger partial charge in [-0.05, 0) is 48.0 Å². The van der Waals surface area contributed by atoms with Crippen LogP contribution in [0.25, 0.3) is 6.08 Å². The van der Waals surface area contributed by atoms with E-state index in [1.807, 2.05) is 31.2 Å². The Morgan fingerprint density at radius 1 is 1.11 bits per heavy atom. The van der Waals surface area contributed by atoms with E-state index in [0.717, 1.165) is 17.3 Å². The highest BCUT2D eigenvalue weighted by molar-refractivity contribution is 8.03. The van der Waals surface area contributed by atoms with E-state index in [1.54, 1.807) is 31.2 Å². The van der Waals surface area contributed by atoms with Crippen molar-refractivity contribution in [1.29, 1.82) is 0 Å². The molecule has 0 aliphatic heterocycles. The summed E-state index contributed by atoms with van der Waals surface area (Å²) in [7, 11) is 0. The number of carboxylic acids is 1. The number of ether oxygens (including phenoxy) is 1. The number of thioether (sulfide) groups is 1. The van der Waals surface area contributed by atoms with Crippen molar-refractivity contribution < 1.29 is 19.1 Å². The number of aromatic nitrogens is 2. The molecule has 0 spiro atoms. The fourth-order valence-electron chi connectivity index (χ4n) is 2.21. The van der Waals surface area contributed by atoms with Crippen molar-refractivity contribution in [1.82, 2.24) is 10.2 Å². The summed E-state index contributed by atoms with van der Waals surface area (Å²) in [6, 6.07) is 15.2. The van der Waals surface area contributed by atoms with Crippen LogP contribution in [0.15, 0.2) is 63.1 Å². The van der Waals surface area contributed by atoms with Crippen molar-refractivity contribution >= 4 is 23.8 Å². The zero-order valence-electron chi connectivity index (χ0n) is 14.8. The van der Waals surface area contributed by atoms with Gasteiger partial charge in [-0.1, -0.05) is 42.0 Å². The molecule has 0 N–H and O–H groups in total. The zero-order valence-corrected chi connectivity index (χ0v) is 15.7. The Balaban J connectivity index is 1.66. The van der Waals surface area contributed by atoms with Crippen LogP contribution in [0.1, 0.15) is 22.6 Å². The highest BCUT2D eigenvalue weighted by atomic mass is 32.2. The summed E-state index contributed by atoms with van der Waals surface area (Å²) >= 11 is 0.853. The third kappa shape index (κ3) is 5.46. The van der Waals surface area contributed by atoms with Crippen LogP contribution in [0.3, 0.4) is 0 Å². The van der Waals surface area contributed by atoms with Gasteiger partial charge in [-0.3, -0.25) is 0 Å². The average Bonchev–Trinajstić information content (AvgIpc) is 3.06. The molecule has 0 atom stereocenters. The lowest BCUT2D eigenvalue weighted by molar-refractivity contribution is -0.298. The molecule has 6 nitrogen and oxygen atoms in total. The lowest BCUT2D eigenvalue weighted by Crippen LogP contribution is -2.23. The molecule has 0 aliphatic carbocycles. The maximum Gasteiger partial charge on any atom is 0.281 e. The maximum absolute atomic E-state index is 11.4. The minimum Gasteiger partial charge on any atom is -0.544 e. The summed E-state index contributed by atoms with van der Waals surface area (Å²) in [4.78, 5) is 11.3. The van der Waals surface area contributed by atoms with E-state index in [0.29, 0.717) is 23.8 Å². The van der Waals surface area contributed by atoms with E-state index < -0.39 is 5.97 Å². The molecular formula is C20H17N2O4S-. The summed E-state index contributed by atoms with van der Waals surface area (Å²) in [5.74, 6) is -0.247. The van der Waals surface area contributed by atoms with Gasteiger partial charge in [-0.15, -0.1) is 10.2 Å². The molecule has 27 heavy (non-hydrogen) atoms. The highest BCUT2D eigenvalue weighted by Gasteiger charge is 2.09. The Kier molecular flexibility index (Phi) is 5.93. The van der Waals surface area contributed by atoms with Crippen LogP contribution in [-0.2, 0) is 11.4 Å². The van der Waals surface area contributed by atoms with Crippen LogP contribution in [0.2, 0.25) is 0 Å². The molecule has 1 aromatic heterocycles. The van der Waals surface area contributed by atoms with Crippen LogP contribution in [0, 0.1) is 13.8 Å². The predicted octanol–water partition coefficient (Wildman–Crippen LogP) is 3.15. The number of hydrogen-bond acceptors (Lipinski definition) is 7. The molecule has 0 fully saturated rings. The molecule has 0 amide bonds. The molecule has 138 valence electrons. The van der Waals surface area contributed by atoms with E-state index in [9.17, 15) is 9.90 Å². The van der Waals surface area contributed by atoms with Gasteiger partial charge in [0.05, 0.1) is 5.97 Å². The molecule has 0 bridgehead atoms. The second-order valence-electron chi connectivity index (χ2n) is 5.83. The molecule has 2 aromatic carbocycles. The average molecular weight is 381 g/mol. The summed E-state index contributed by atoms with van der Waals surface area (Å²) in [6.07, 6.45) is 1.49. The normalized spacial score (nSPS) is 11.4. The van der Waals surface area contributed by atoms with Crippen LogP contribution in [0.4, 0.5) is 0 Å². The maximum atomic E-state index is 11.4. The van der Waals surface area contributed by atoms with Gasteiger partial charge in [0.25, 0.3) is 5.22 Å². The van der Waals surface area contributed by atoms with Gasteiger partial charge in [-0.2, -0.15) is 0 Å². The Morgan fingerprint density at radius 2 is 1.81 bits per heavy atom. The van der Waals surface area contributed by atoms with Crippen molar-refractivity contribution in [2.24, 2.45) is 0 Å². The summed E-state index contributed by atoms with van der Waals surface area (Å²) < 4.78 is 10.9. The number of aliphatic carboxylic acids is 1. The third-order valence-corrected chi connectivity index (χ3v) is 4.45. The molecular weight excluding hydrogens is 364 g/mol. The van der Waals surface area contributed by atoms with Gasteiger partial charge in [0.1, 0.15) is 12.4 Å². The standard InChI is InChI=1S/C20H18N2O4S/c1-13-3-5-16(6-4-13)12-25-17-9-7-15(8-10-17)11-18(19(23)24)27-20-22-21-14(2)26-20/h3-11H,12H2,1-2H3,(H,23,24)/p-1/b18-11-. The van der Waals surface area contributed by atoms with Crippen LogP contribution in [0.5, 0.6) is 5.75 Å². The zero-order chi connectivity index (χ0) is 19.2. The van der Waals surface area contributed by atoms with Crippen molar-refractivity contribution in [3.05, 3.63) is 76.0 Å². The highest BCUT2D eigenvalue weighted by Crippen LogP contribution is 2.27. The Morgan fingerprint density at radius 3 is 2.41 bits per heavy atom. The van der Waals surface area contributed by atoms with Gasteiger partial charge in [0.2, 0.25) is 5.89 Å². The quantitative estimate of drug-likeness (QED) is 0.459. The molecule has 3 aromatic rings. The van der Waals surface area contributed by atoms with Gasteiger partial charge >= 0.3 is 0 Å². The first-order valence-corrected chi connectivity index (χ1v) is 9.00. The Labute approximate surface area is 160 Å². The van der Waals surface area contributed by atoms with E-state index in [1.165, 1.54) is 11.6 Å². The number of carboxylic acid groups (broad SMARTS) is 1. The molecule has 0 radical (unpaired) electrons. The molecule has 3 rings (SSSR count). The van der Waals surface area contributed by atoms with Gasteiger partial charge in [0.15, 0.2) is 0 Å².